The summed E-state index contributed by atoms with van der Waals surface area (Å²) in [5.41, 5.74) is 0.870. The number of nitrogens with one attached hydrogen (secondary N) is 1. The summed E-state index contributed by atoms with van der Waals surface area (Å²) in [6.45, 7) is 3.71. The number of aryl methyl sites for hydroxylation is 1. The topological polar surface area (TPSA) is 96.2 Å². The Kier molecular flexibility index (Phi) is 5.65. The Morgan fingerprint density at radius 1 is 1.10 bits per heavy atom. The molecule has 0 radical (unpaired) electrons. The predicted molar refractivity (Wildman–Crippen MR) is 120 cm³/mol. The van der Waals surface area contributed by atoms with Gasteiger partial charge in [-0.25, -0.2) is 14.6 Å². The first-order valence-corrected chi connectivity index (χ1v) is 11.7. The fourth-order valence-corrected chi connectivity index (χ4v) is 4.96. The van der Waals surface area contributed by atoms with Gasteiger partial charge in [0.1, 0.15) is 17.5 Å². The van der Waals surface area contributed by atoms with Crippen LogP contribution in [0.1, 0.15) is 74.8 Å². The molecular weight excluding hydrogens is 392 g/mol. The van der Waals surface area contributed by atoms with E-state index in [0.717, 1.165) is 68.3 Å². The van der Waals surface area contributed by atoms with E-state index in [-0.39, 0.29) is 17.6 Å². The molecule has 166 valence electrons. The summed E-state index contributed by atoms with van der Waals surface area (Å²) in [6, 6.07) is 5.51. The van der Waals surface area contributed by atoms with Gasteiger partial charge in [-0.2, -0.15) is 5.10 Å². The van der Waals surface area contributed by atoms with Gasteiger partial charge in [0.15, 0.2) is 0 Å². The molecule has 1 saturated heterocycles. The second-order valence-electron chi connectivity index (χ2n) is 9.29. The number of hydrogen-bond acceptors (Lipinski definition) is 7. The number of piperidine rings is 1. The van der Waals surface area contributed by atoms with Crippen LogP contribution in [0.2, 0.25) is 0 Å². The molecule has 2 aromatic rings. The number of aliphatic hydroxyl groups excluding tert-OH is 1. The van der Waals surface area contributed by atoms with E-state index in [1.807, 2.05) is 19.1 Å². The molecule has 0 bridgehead atoms. The van der Waals surface area contributed by atoms with E-state index in [0.29, 0.717) is 5.92 Å². The fourth-order valence-electron chi connectivity index (χ4n) is 4.96. The molecule has 3 atom stereocenters. The van der Waals surface area contributed by atoms with Gasteiger partial charge in [0.2, 0.25) is 0 Å². The Morgan fingerprint density at radius 2 is 1.97 bits per heavy atom. The van der Waals surface area contributed by atoms with Crippen molar-refractivity contribution in [1.29, 1.82) is 0 Å². The van der Waals surface area contributed by atoms with Gasteiger partial charge in [-0.15, -0.1) is 0 Å². The van der Waals surface area contributed by atoms with Crippen molar-refractivity contribution in [3.05, 3.63) is 40.1 Å². The standard InChI is InChI=1S/C23H32N6O2/c1-15-13-20(26-23(25-15)16-8-9-16)24-14-17-5-2-3-12-28(17)21-10-11-22(31)29(27-21)18-6-4-7-19(18)30/h10-11,13,16-19,30H,2-9,12,14H2,1H3,(H,24,25,26). The second kappa shape index (κ2) is 8.57. The molecule has 0 spiro atoms. The van der Waals surface area contributed by atoms with Crippen LogP contribution >= 0.6 is 0 Å². The number of anilines is 2. The highest BCUT2D eigenvalue weighted by atomic mass is 16.3. The quantitative estimate of drug-likeness (QED) is 0.736. The summed E-state index contributed by atoms with van der Waals surface area (Å²) in [5.74, 6) is 3.21. The second-order valence-corrected chi connectivity index (χ2v) is 9.29. The van der Waals surface area contributed by atoms with Crippen LogP contribution < -0.4 is 15.8 Å². The smallest absolute Gasteiger partial charge is 0.267 e. The van der Waals surface area contributed by atoms with E-state index in [9.17, 15) is 9.90 Å². The molecule has 3 aliphatic rings. The lowest BCUT2D eigenvalue weighted by atomic mass is 10.0. The number of nitrogens with zero attached hydrogens (tertiary/aromatic N) is 5. The molecule has 31 heavy (non-hydrogen) atoms. The van der Waals surface area contributed by atoms with Crippen LogP contribution in [-0.4, -0.2) is 50.1 Å². The van der Waals surface area contributed by atoms with Crippen molar-refractivity contribution in [1.82, 2.24) is 19.7 Å². The van der Waals surface area contributed by atoms with Gasteiger partial charge in [0.25, 0.3) is 5.56 Å². The molecule has 8 heteroatoms. The molecule has 2 saturated carbocycles. The highest BCUT2D eigenvalue weighted by molar-refractivity contribution is 5.42. The van der Waals surface area contributed by atoms with E-state index in [1.54, 1.807) is 6.07 Å². The molecule has 8 nitrogen and oxygen atoms in total. The van der Waals surface area contributed by atoms with E-state index in [1.165, 1.54) is 23.9 Å². The first kappa shape index (κ1) is 20.4. The highest BCUT2D eigenvalue weighted by Crippen LogP contribution is 2.38. The Hall–Kier alpha value is -2.48. The number of hydrogen-bond donors (Lipinski definition) is 2. The van der Waals surface area contributed by atoms with Gasteiger partial charge in [-0.3, -0.25) is 4.79 Å². The lowest BCUT2D eigenvalue weighted by Crippen LogP contribution is -2.45. The summed E-state index contributed by atoms with van der Waals surface area (Å²) in [4.78, 5) is 24.1. The van der Waals surface area contributed by atoms with Crippen LogP contribution in [0.15, 0.2) is 23.0 Å². The third-order valence-electron chi connectivity index (χ3n) is 6.82. The fraction of sp³-hybridized carbons (Fsp3) is 0.652. The lowest BCUT2D eigenvalue weighted by molar-refractivity contribution is 0.127. The van der Waals surface area contributed by atoms with Gasteiger partial charge in [0.05, 0.1) is 12.1 Å². The van der Waals surface area contributed by atoms with Crippen LogP contribution in [0.3, 0.4) is 0 Å². The molecule has 2 aromatic heterocycles. The van der Waals surface area contributed by atoms with Gasteiger partial charge < -0.3 is 15.3 Å². The summed E-state index contributed by atoms with van der Waals surface area (Å²) < 4.78 is 1.52. The zero-order chi connectivity index (χ0) is 21.4. The third-order valence-corrected chi connectivity index (χ3v) is 6.82. The van der Waals surface area contributed by atoms with Gasteiger partial charge >= 0.3 is 0 Å². The molecule has 3 unspecified atom stereocenters. The molecule has 0 aromatic carbocycles. The van der Waals surface area contributed by atoms with Crippen LogP contribution in [0, 0.1) is 6.92 Å². The van der Waals surface area contributed by atoms with Crippen molar-refractivity contribution in [3.63, 3.8) is 0 Å². The summed E-state index contributed by atoms with van der Waals surface area (Å²) in [7, 11) is 0. The monoisotopic (exact) mass is 424 g/mol. The molecule has 0 amide bonds. The van der Waals surface area contributed by atoms with E-state index >= 15 is 0 Å². The minimum absolute atomic E-state index is 0.134. The molecule has 1 aliphatic heterocycles. The number of rotatable bonds is 6. The van der Waals surface area contributed by atoms with Crippen molar-refractivity contribution in [2.45, 2.75) is 82.4 Å². The van der Waals surface area contributed by atoms with Gasteiger partial charge in [-0.05, 0) is 64.4 Å². The summed E-state index contributed by atoms with van der Waals surface area (Å²) >= 11 is 0. The number of aliphatic hydroxyl groups is 1. The van der Waals surface area contributed by atoms with E-state index in [4.69, 9.17) is 10.1 Å². The lowest BCUT2D eigenvalue weighted by Gasteiger charge is -2.37. The highest BCUT2D eigenvalue weighted by Gasteiger charge is 2.30. The van der Waals surface area contributed by atoms with Gasteiger partial charge in [0, 0.05) is 42.9 Å². The Bertz CT molecular complexity index is 988. The summed E-state index contributed by atoms with van der Waals surface area (Å²) in [6.07, 6.45) is 7.73. The molecule has 3 fully saturated rings. The molecule has 3 heterocycles. The first-order chi connectivity index (χ1) is 15.1. The largest absolute Gasteiger partial charge is 0.391 e. The van der Waals surface area contributed by atoms with Crippen molar-refractivity contribution in [2.75, 3.05) is 23.3 Å². The Labute approximate surface area is 182 Å². The van der Waals surface area contributed by atoms with Crippen LogP contribution in [0.5, 0.6) is 0 Å². The van der Waals surface area contributed by atoms with E-state index < -0.39 is 6.10 Å². The zero-order valence-corrected chi connectivity index (χ0v) is 18.2. The van der Waals surface area contributed by atoms with Crippen molar-refractivity contribution in [2.24, 2.45) is 0 Å². The average molecular weight is 425 g/mol. The van der Waals surface area contributed by atoms with Crippen LogP contribution in [0.25, 0.3) is 0 Å². The van der Waals surface area contributed by atoms with Gasteiger partial charge in [-0.1, -0.05) is 0 Å². The SMILES string of the molecule is Cc1cc(NCC2CCCCN2c2ccc(=O)n(C3CCCC3O)n2)nc(C2CC2)n1. The third kappa shape index (κ3) is 4.44. The van der Waals surface area contributed by atoms with Crippen molar-refractivity contribution >= 4 is 11.6 Å². The minimum atomic E-state index is -0.485. The maximum absolute atomic E-state index is 12.4. The maximum Gasteiger partial charge on any atom is 0.267 e. The molecule has 2 N–H and O–H groups in total. The maximum atomic E-state index is 12.4. The van der Waals surface area contributed by atoms with E-state index in [2.05, 4.69) is 15.2 Å². The average Bonchev–Trinajstić information content (AvgIpc) is 3.54. The normalized spacial score (nSPS) is 26.3. The molecule has 2 aliphatic carbocycles. The summed E-state index contributed by atoms with van der Waals surface area (Å²) in [5, 5.41) is 18.5. The number of aromatic nitrogens is 4. The predicted octanol–water partition coefficient (Wildman–Crippen LogP) is 2.78. The van der Waals surface area contributed by atoms with Crippen LogP contribution in [0.4, 0.5) is 11.6 Å². The minimum Gasteiger partial charge on any atom is -0.391 e. The molecule has 5 rings (SSSR count). The van der Waals surface area contributed by atoms with Crippen LogP contribution in [-0.2, 0) is 0 Å². The van der Waals surface area contributed by atoms with Crippen molar-refractivity contribution in [3.8, 4) is 0 Å². The first-order valence-electron chi connectivity index (χ1n) is 11.7. The van der Waals surface area contributed by atoms with Crippen molar-refractivity contribution < 1.29 is 5.11 Å². The Balaban J connectivity index is 1.33. The molecular formula is C23H32N6O2. The Morgan fingerprint density at radius 3 is 2.74 bits per heavy atom. The zero-order valence-electron chi connectivity index (χ0n) is 18.2.